The first kappa shape index (κ1) is 11.2. The van der Waals surface area contributed by atoms with Crippen molar-refractivity contribution in [2.75, 3.05) is 0 Å². The third-order valence-corrected chi connectivity index (χ3v) is 3.69. The molecule has 2 aliphatic rings. The van der Waals surface area contributed by atoms with Gasteiger partial charge in [0.2, 0.25) is 0 Å². The molecule has 0 spiro atoms. The van der Waals surface area contributed by atoms with Crippen molar-refractivity contribution in [3.8, 4) is 0 Å². The average molecular weight is 252 g/mol. The molecule has 2 radical (unpaired) electrons. The fourth-order valence-corrected chi connectivity index (χ4v) is 2.69. The van der Waals surface area contributed by atoms with Gasteiger partial charge in [0.15, 0.2) is 0 Å². The van der Waals surface area contributed by atoms with E-state index in [9.17, 15) is 0 Å². The zero-order valence-corrected chi connectivity index (χ0v) is 10.9. The van der Waals surface area contributed by atoms with E-state index < -0.39 is 0 Å². The highest BCUT2D eigenvalue weighted by Crippen LogP contribution is 2.18. The summed E-state index contributed by atoms with van der Waals surface area (Å²) in [4.78, 5) is 0. The molecular formula is C20H12. The predicted octanol–water partition coefficient (Wildman–Crippen LogP) is 3.10. The Bertz CT molecular complexity index is 878. The maximum absolute atomic E-state index is 3.22. The highest BCUT2D eigenvalue weighted by molar-refractivity contribution is 5.98. The molecule has 3 aromatic carbocycles. The SMILES string of the molecule is [c]1ccc2c3c1C(=CC=3)C=2.[c]1ccc2ccccc2c1. The van der Waals surface area contributed by atoms with Crippen LogP contribution >= 0.6 is 0 Å². The largest absolute Gasteiger partial charge is 0.0616 e. The summed E-state index contributed by atoms with van der Waals surface area (Å²) < 4.78 is 0. The second-order valence-corrected chi connectivity index (χ2v) is 4.93. The minimum atomic E-state index is 1.25. The summed E-state index contributed by atoms with van der Waals surface area (Å²) in [5.74, 6) is 0. The van der Waals surface area contributed by atoms with Gasteiger partial charge in [0.1, 0.15) is 0 Å². The Morgan fingerprint density at radius 2 is 1.70 bits per heavy atom. The zero-order valence-electron chi connectivity index (χ0n) is 10.9. The van der Waals surface area contributed by atoms with E-state index in [1.54, 1.807) is 0 Å². The van der Waals surface area contributed by atoms with Gasteiger partial charge in [-0.05, 0) is 56.6 Å². The van der Waals surface area contributed by atoms with Gasteiger partial charge in [0, 0.05) is 0 Å². The lowest BCUT2D eigenvalue weighted by atomic mass is 10.1. The Hall–Kier alpha value is -2.60. The maximum Gasteiger partial charge on any atom is -0.00264 e. The topological polar surface area (TPSA) is 0 Å². The van der Waals surface area contributed by atoms with E-state index in [0.717, 1.165) is 0 Å². The van der Waals surface area contributed by atoms with Crippen molar-refractivity contribution in [2.45, 2.75) is 0 Å². The smallest absolute Gasteiger partial charge is 0.00264 e. The van der Waals surface area contributed by atoms with Gasteiger partial charge in [0.05, 0.1) is 0 Å². The normalized spacial score (nSPS) is 13.1. The van der Waals surface area contributed by atoms with Gasteiger partial charge >= 0.3 is 0 Å². The Labute approximate surface area is 118 Å². The average Bonchev–Trinajstić information content (AvgIpc) is 3.00. The van der Waals surface area contributed by atoms with Crippen molar-refractivity contribution in [1.82, 2.24) is 0 Å². The van der Waals surface area contributed by atoms with E-state index in [0.29, 0.717) is 0 Å². The molecular weight excluding hydrogens is 240 g/mol. The molecule has 3 aromatic rings. The molecule has 92 valence electrons. The standard InChI is InChI=1S/C10H5.C10H7/c1-2-7-6-8-4-5-10(7)9(8)3-1;1-2-6-10-8-4-3-7-9(10)5-1/h1-2,4-6H;1-3,5-8H. The van der Waals surface area contributed by atoms with Crippen molar-refractivity contribution in [1.29, 1.82) is 0 Å². The fraction of sp³-hybridized carbons (Fsp3) is 0. The van der Waals surface area contributed by atoms with E-state index in [-0.39, 0.29) is 0 Å². The van der Waals surface area contributed by atoms with Crippen LogP contribution in [0.4, 0.5) is 0 Å². The molecule has 0 unspecified atom stereocenters. The van der Waals surface area contributed by atoms with Crippen LogP contribution in [0.2, 0.25) is 0 Å². The van der Waals surface area contributed by atoms with Crippen molar-refractivity contribution < 1.29 is 0 Å². The van der Waals surface area contributed by atoms with Gasteiger partial charge in [-0.25, -0.2) is 0 Å². The molecule has 0 fully saturated rings. The van der Waals surface area contributed by atoms with Crippen molar-refractivity contribution in [3.05, 3.63) is 88.8 Å². The molecule has 0 heteroatoms. The summed E-state index contributed by atoms with van der Waals surface area (Å²) >= 11 is 0. The number of rotatable bonds is 0. The first-order chi connectivity index (χ1) is 9.92. The van der Waals surface area contributed by atoms with Crippen LogP contribution in [0.3, 0.4) is 0 Å². The van der Waals surface area contributed by atoms with Crippen LogP contribution in [0.15, 0.2) is 60.7 Å². The Morgan fingerprint density at radius 1 is 0.800 bits per heavy atom. The van der Waals surface area contributed by atoms with Gasteiger partial charge in [-0.1, -0.05) is 60.7 Å². The minimum Gasteiger partial charge on any atom is -0.0616 e. The number of hydrogen-bond donors (Lipinski definition) is 0. The molecule has 0 nitrogen and oxygen atoms in total. The fourth-order valence-electron chi connectivity index (χ4n) is 2.69. The van der Waals surface area contributed by atoms with Gasteiger partial charge in [-0.15, -0.1) is 0 Å². The lowest BCUT2D eigenvalue weighted by Crippen LogP contribution is -2.21. The van der Waals surface area contributed by atoms with Gasteiger partial charge in [0.25, 0.3) is 0 Å². The molecule has 0 aromatic heterocycles. The first-order valence-electron chi connectivity index (χ1n) is 6.71. The molecule has 0 heterocycles. The first-order valence-corrected chi connectivity index (χ1v) is 6.71. The van der Waals surface area contributed by atoms with Crippen LogP contribution in [0.25, 0.3) is 28.5 Å². The summed E-state index contributed by atoms with van der Waals surface area (Å²) in [6.45, 7) is 0. The number of benzene rings is 3. The second kappa shape index (κ2) is 4.50. The van der Waals surface area contributed by atoms with Gasteiger partial charge in [-0.3, -0.25) is 0 Å². The Balaban J connectivity index is 0.000000106. The van der Waals surface area contributed by atoms with E-state index in [1.807, 2.05) is 30.3 Å². The van der Waals surface area contributed by atoms with Crippen LogP contribution in [-0.2, 0) is 0 Å². The molecule has 0 aliphatic heterocycles. The number of allylic oxidation sites excluding steroid dienone is 2. The summed E-state index contributed by atoms with van der Waals surface area (Å²) in [7, 11) is 0. The van der Waals surface area contributed by atoms with E-state index in [2.05, 4.69) is 54.6 Å². The predicted molar refractivity (Wildman–Crippen MR) is 84.2 cm³/mol. The van der Waals surface area contributed by atoms with Crippen molar-refractivity contribution in [2.24, 2.45) is 0 Å². The molecule has 4 bridgehead atoms. The number of hydrogen-bond acceptors (Lipinski definition) is 0. The third-order valence-electron chi connectivity index (χ3n) is 3.69. The number of fused-ring (bicyclic) bond motifs is 1. The zero-order chi connectivity index (χ0) is 13.4. The van der Waals surface area contributed by atoms with Gasteiger partial charge < -0.3 is 0 Å². The van der Waals surface area contributed by atoms with E-state index >= 15 is 0 Å². The quantitative estimate of drug-likeness (QED) is 0.577. The van der Waals surface area contributed by atoms with Crippen molar-refractivity contribution >= 4 is 28.5 Å². The minimum absolute atomic E-state index is 1.25. The Morgan fingerprint density at radius 3 is 2.50 bits per heavy atom. The second-order valence-electron chi connectivity index (χ2n) is 4.93. The van der Waals surface area contributed by atoms with Crippen LogP contribution in [-0.4, -0.2) is 0 Å². The molecule has 0 amide bonds. The van der Waals surface area contributed by atoms with E-state index in [4.69, 9.17) is 0 Å². The molecule has 0 saturated heterocycles. The lowest BCUT2D eigenvalue weighted by molar-refractivity contribution is 1.53. The molecule has 0 N–H and O–H groups in total. The van der Waals surface area contributed by atoms with Gasteiger partial charge in [-0.2, -0.15) is 0 Å². The molecule has 0 saturated carbocycles. The van der Waals surface area contributed by atoms with Crippen LogP contribution in [0.1, 0.15) is 5.56 Å². The Kier molecular flexibility index (Phi) is 2.53. The molecule has 5 rings (SSSR count). The third kappa shape index (κ3) is 1.78. The molecule has 2 aliphatic carbocycles. The van der Waals surface area contributed by atoms with Crippen LogP contribution < -0.4 is 10.4 Å². The lowest BCUT2D eigenvalue weighted by Gasteiger charge is -1.92. The summed E-state index contributed by atoms with van der Waals surface area (Å²) in [5.41, 5.74) is 2.62. The summed E-state index contributed by atoms with van der Waals surface area (Å²) in [5, 5.41) is 5.25. The van der Waals surface area contributed by atoms with E-state index in [1.165, 1.54) is 32.3 Å². The summed E-state index contributed by atoms with van der Waals surface area (Å²) in [6, 6.07) is 24.6. The highest BCUT2D eigenvalue weighted by Gasteiger charge is 2.11. The van der Waals surface area contributed by atoms with Crippen LogP contribution in [0, 0.1) is 12.1 Å². The molecule has 0 atom stereocenters. The monoisotopic (exact) mass is 252 g/mol. The molecule has 20 heavy (non-hydrogen) atoms. The maximum atomic E-state index is 3.22. The van der Waals surface area contributed by atoms with Crippen LogP contribution in [0.5, 0.6) is 0 Å². The highest BCUT2D eigenvalue weighted by atomic mass is 14.1. The summed E-state index contributed by atoms with van der Waals surface area (Å²) in [6.07, 6.45) is 6.52. The van der Waals surface area contributed by atoms with Crippen molar-refractivity contribution in [3.63, 3.8) is 0 Å².